The third kappa shape index (κ3) is 1.78. The maximum atomic E-state index is 11.7. The van der Waals surface area contributed by atoms with Crippen molar-refractivity contribution in [3.05, 3.63) is 0 Å². The number of hydrogen-bond donors (Lipinski definition) is 1. The Labute approximate surface area is 88.8 Å². The highest BCUT2D eigenvalue weighted by molar-refractivity contribution is 5.89. The fourth-order valence-corrected chi connectivity index (χ4v) is 1.94. The molecule has 84 valence electrons. The Balaban J connectivity index is 2.01. The Morgan fingerprint density at radius 1 is 1.53 bits per heavy atom. The van der Waals surface area contributed by atoms with Crippen LogP contribution in [-0.4, -0.2) is 41.1 Å². The Morgan fingerprint density at radius 2 is 2.20 bits per heavy atom. The van der Waals surface area contributed by atoms with Crippen molar-refractivity contribution in [3.8, 4) is 0 Å². The lowest BCUT2D eigenvalue weighted by molar-refractivity contribution is -0.140. The summed E-state index contributed by atoms with van der Waals surface area (Å²) in [6.07, 6.45) is 0.393. The highest BCUT2D eigenvalue weighted by atomic mass is 16.6. The quantitative estimate of drug-likeness (QED) is 0.636. The Morgan fingerprint density at radius 3 is 2.67 bits per heavy atom. The molecule has 3 saturated heterocycles. The summed E-state index contributed by atoms with van der Waals surface area (Å²) >= 11 is 0. The van der Waals surface area contributed by atoms with Gasteiger partial charge in [-0.15, -0.1) is 0 Å². The van der Waals surface area contributed by atoms with Crippen LogP contribution in [0.2, 0.25) is 0 Å². The van der Waals surface area contributed by atoms with Gasteiger partial charge in [-0.3, -0.25) is 9.69 Å². The van der Waals surface area contributed by atoms with Crippen LogP contribution in [0.1, 0.15) is 27.2 Å². The number of amides is 2. The number of piperazine rings is 1. The number of fused-ring (bicyclic) bond motifs is 2. The third-order valence-electron chi connectivity index (χ3n) is 2.64. The highest BCUT2D eigenvalue weighted by Gasteiger charge is 2.50. The van der Waals surface area contributed by atoms with E-state index in [1.165, 1.54) is 0 Å². The molecule has 15 heavy (non-hydrogen) atoms. The molecule has 0 spiro atoms. The molecule has 3 aliphatic heterocycles. The lowest BCUT2D eigenvalue weighted by atomic mass is 9.89. The van der Waals surface area contributed by atoms with E-state index in [0.717, 1.165) is 6.42 Å². The number of rotatable bonds is 0. The van der Waals surface area contributed by atoms with Gasteiger partial charge in [-0.1, -0.05) is 0 Å². The number of nitrogens with one attached hydrogen (secondary N) is 1. The lowest BCUT2D eigenvalue weighted by Gasteiger charge is -2.51. The van der Waals surface area contributed by atoms with Crippen molar-refractivity contribution in [1.82, 2.24) is 10.2 Å². The smallest absolute Gasteiger partial charge is 0.411 e. The van der Waals surface area contributed by atoms with E-state index in [2.05, 4.69) is 5.32 Å². The molecule has 2 bridgehead atoms. The van der Waals surface area contributed by atoms with Gasteiger partial charge >= 0.3 is 6.09 Å². The number of carbonyl (C=O) groups is 2. The molecule has 0 saturated carbocycles. The van der Waals surface area contributed by atoms with Crippen molar-refractivity contribution in [2.45, 2.75) is 44.9 Å². The highest BCUT2D eigenvalue weighted by Crippen LogP contribution is 2.30. The second-order valence-corrected chi connectivity index (χ2v) is 5.04. The standard InChI is InChI=1S/C10H16N2O3/c1-10(2,3)15-9(14)12-6-4-7(12)8(13)11-5-6/h6-7H,4-5H2,1-3H3,(H,11,13). The molecule has 0 aliphatic carbocycles. The minimum absolute atomic E-state index is 0.0663. The summed E-state index contributed by atoms with van der Waals surface area (Å²) in [6, 6.07) is -0.179. The SMILES string of the molecule is CC(C)(C)OC(=O)N1C2CNC(=O)C1C2. The molecule has 3 aliphatic rings. The molecule has 5 heteroatoms. The van der Waals surface area contributed by atoms with Gasteiger partial charge in [-0.2, -0.15) is 0 Å². The van der Waals surface area contributed by atoms with Crippen LogP contribution in [0.15, 0.2) is 0 Å². The first kappa shape index (κ1) is 10.3. The molecule has 1 N–H and O–H groups in total. The average molecular weight is 212 g/mol. The van der Waals surface area contributed by atoms with Gasteiger partial charge in [0.1, 0.15) is 11.6 Å². The molecular formula is C10H16N2O3. The van der Waals surface area contributed by atoms with Gasteiger partial charge in [-0.05, 0) is 27.2 Å². The van der Waals surface area contributed by atoms with Crippen LogP contribution < -0.4 is 5.32 Å². The third-order valence-corrected chi connectivity index (χ3v) is 2.64. The van der Waals surface area contributed by atoms with E-state index in [-0.39, 0.29) is 24.1 Å². The first-order chi connectivity index (χ1) is 6.88. The van der Waals surface area contributed by atoms with Crippen LogP contribution in [0.25, 0.3) is 0 Å². The van der Waals surface area contributed by atoms with E-state index in [9.17, 15) is 9.59 Å². The summed E-state index contributed by atoms with van der Waals surface area (Å²) in [5.74, 6) is -0.0663. The van der Waals surface area contributed by atoms with E-state index in [1.54, 1.807) is 4.90 Å². The molecule has 2 unspecified atom stereocenters. The molecule has 5 nitrogen and oxygen atoms in total. The van der Waals surface area contributed by atoms with Gasteiger partial charge in [-0.25, -0.2) is 4.79 Å². The minimum Gasteiger partial charge on any atom is -0.444 e. The molecule has 0 aromatic heterocycles. The van der Waals surface area contributed by atoms with Crippen LogP contribution in [0, 0.1) is 0 Å². The Hall–Kier alpha value is -1.26. The average Bonchev–Trinajstić information content (AvgIpc) is 1.98. The van der Waals surface area contributed by atoms with Crippen molar-refractivity contribution < 1.29 is 14.3 Å². The predicted molar refractivity (Wildman–Crippen MR) is 53.3 cm³/mol. The maximum absolute atomic E-state index is 11.7. The van der Waals surface area contributed by atoms with Crippen molar-refractivity contribution in [1.29, 1.82) is 0 Å². The van der Waals surface area contributed by atoms with Crippen LogP contribution >= 0.6 is 0 Å². The van der Waals surface area contributed by atoms with Gasteiger partial charge < -0.3 is 10.1 Å². The molecule has 0 aromatic rings. The van der Waals surface area contributed by atoms with Crippen LogP contribution in [0.5, 0.6) is 0 Å². The number of piperidine rings is 1. The van der Waals surface area contributed by atoms with Crippen LogP contribution in [0.4, 0.5) is 4.79 Å². The van der Waals surface area contributed by atoms with Crippen molar-refractivity contribution in [3.63, 3.8) is 0 Å². The maximum Gasteiger partial charge on any atom is 0.411 e. The zero-order chi connectivity index (χ0) is 11.2. The molecule has 2 atom stereocenters. The van der Waals surface area contributed by atoms with Gasteiger partial charge in [0.05, 0.1) is 6.04 Å². The van der Waals surface area contributed by atoms with Crippen LogP contribution in [-0.2, 0) is 9.53 Å². The second-order valence-electron chi connectivity index (χ2n) is 5.04. The van der Waals surface area contributed by atoms with Crippen molar-refractivity contribution in [2.24, 2.45) is 0 Å². The molecular weight excluding hydrogens is 196 g/mol. The Kier molecular flexibility index (Phi) is 2.13. The second kappa shape index (κ2) is 3.12. The molecule has 2 amide bonds. The zero-order valence-corrected chi connectivity index (χ0v) is 9.24. The van der Waals surface area contributed by atoms with Crippen molar-refractivity contribution in [2.75, 3.05) is 6.54 Å². The van der Waals surface area contributed by atoms with Crippen molar-refractivity contribution >= 4 is 12.0 Å². The summed E-state index contributed by atoms with van der Waals surface area (Å²) in [5, 5.41) is 2.74. The largest absolute Gasteiger partial charge is 0.444 e. The number of carbonyl (C=O) groups excluding carboxylic acids is 2. The first-order valence-electron chi connectivity index (χ1n) is 5.17. The summed E-state index contributed by atoms with van der Waals surface area (Å²) < 4.78 is 5.23. The normalized spacial score (nSPS) is 29.3. The van der Waals surface area contributed by atoms with Gasteiger partial charge in [0.25, 0.3) is 0 Å². The fraction of sp³-hybridized carbons (Fsp3) is 0.800. The summed E-state index contributed by atoms with van der Waals surface area (Å²) in [7, 11) is 0. The summed E-state index contributed by atoms with van der Waals surface area (Å²) in [4.78, 5) is 24.6. The van der Waals surface area contributed by atoms with Crippen LogP contribution in [0.3, 0.4) is 0 Å². The zero-order valence-electron chi connectivity index (χ0n) is 9.24. The minimum atomic E-state index is -0.503. The number of nitrogens with zero attached hydrogens (tertiary/aromatic N) is 1. The molecule has 3 rings (SSSR count). The molecule has 0 aromatic carbocycles. The van der Waals surface area contributed by atoms with Gasteiger partial charge in [0, 0.05) is 6.54 Å². The topological polar surface area (TPSA) is 58.6 Å². The summed E-state index contributed by atoms with van der Waals surface area (Å²) in [6.45, 7) is 6.01. The van der Waals surface area contributed by atoms with E-state index >= 15 is 0 Å². The summed E-state index contributed by atoms with van der Waals surface area (Å²) in [5.41, 5.74) is -0.503. The van der Waals surface area contributed by atoms with E-state index in [4.69, 9.17) is 4.74 Å². The van der Waals surface area contributed by atoms with E-state index in [1.807, 2.05) is 20.8 Å². The fourth-order valence-electron chi connectivity index (χ4n) is 1.94. The number of ether oxygens (including phenoxy) is 1. The monoisotopic (exact) mass is 212 g/mol. The predicted octanol–water partition coefficient (Wildman–Crippen LogP) is 0.494. The molecule has 3 fully saturated rings. The number of hydrogen-bond acceptors (Lipinski definition) is 3. The van der Waals surface area contributed by atoms with Gasteiger partial charge in [0.2, 0.25) is 5.91 Å². The van der Waals surface area contributed by atoms with Gasteiger partial charge in [0.15, 0.2) is 0 Å². The van der Waals surface area contributed by atoms with E-state index in [0.29, 0.717) is 6.54 Å². The lowest BCUT2D eigenvalue weighted by Crippen LogP contribution is -2.72. The van der Waals surface area contributed by atoms with E-state index < -0.39 is 5.60 Å². The molecule has 3 heterocycles. The Bertz CT molecular complexity index is 306. The molecule has 0 radical (unpaired) electrons. The first-order valence-corrected chi connectivity index (χ1v) is 5.17.